The maximum absolute atomic E-state index is 13.0. The van der Waals surface area contributed by atoms with E-state index in [4.69, 9.17) is 32.7 Å². The fourth-order valence-electron chi connectivity index (χ4n) is 4.70. The summed E-state index contributed by atoms with van der Waals surface area (Å²) in [6.07, 6.45) is 1.53. The first kappa shape index (κ1) is 26.9. The Balaban J connectivity index is 1.34. The van der Waals surface area contributed by atoms with Crippen LogP contribution in [0.15, 0.2) is 48.5 Å². The molecule has 1 N–H and O–H groups in total. The zero-order chi connectivity index (χ0) is 25.3. The molecule has 2 aromatic rings. The van der Waals surface area contributed by atoms with Crippen LogP contribution in [0.5, 0.6) is 0 Å². The van der Waals surface area contributed by atoms with Gasteiger partial charge in [-0.25, -0.2) is 0 Å². The monoisotopic (exact) mass is 533 g/mol. The Labute approximate surface area is 222 Å². The molecule has 0 bridgehead atoms. The van der Waals surface area contributed by atoms with Crippen molar-refractivity contribution >= 4 is 35.0 Å². The van der Waals surface area contributed by atoms with Gasteiger partial charge in [0, 0.05) is 49.2 Å². The van der Waals surface area contributed by atoms with E-state index in [9.17, 15) is 9.59 Å². The number of morpholine rings is 2. The summed E-state index contributed by atoms with van der Waals surface area (Å²) in [6, 6.07) is 14.8. The lowest BCUT2D eigenvalue weighted by molar-refractivity contribution is -0.158. The van der Waals surface area contributed by atoms with Crippen molar-refractivity contribution in [1.82, 2.24) is 15.1 Å². The van der Waals surface area contributed by atoms with Gasteiger partial charge in [-0.1, -0.05) is 47.5 Å². The maximum atomic E-state index is 13.0. The summed E-state index contributed by atoms with van der Waals surface area (Å²) in [4.78, 5) is 29.4. The Bertz CT molecular complexity index is 997. The van der Waals surface area contributed by atoms with E-state index in [0.717, 1.165) is 50.4 Å². The first-order valence-corrected chi connectivity index (χ1v) is 13.3. The first-order chi connectivity index (χ1) is 17.5. The smallest absolute Gasteiger partial charge is 0.249 e. The van der Waals surface area contributed by atoms with E-state index in [1.54, 1.807) is 0 Å². The summed E-state index contributed by atoms with van der Waals surface area (Å²) >= 11 is 12.2. The second-order valence-corrected chi connectivity index (χ2v) is 10.0. The molecular formula is C27H33Cl2N3O4. The fraction of sp³-hybridized carbons (Fsp3) is 0.481. The third-order valence-electron chi connectivity index (χ3n) is 6.65. The number of hydrogen-bond acceptors (Lipinski definition) is 5. The predicted molar refractivity (Wildman–Crippen MR) is 140 cm³/mol. The van der Waals surface area contributed by atoms with Crippen molar-refractivity contribution in [2.45, 2.75) is 31.4 Å². The molecule has 2 aromatic carbocycles. The minimum Gasteiger partial charge on any atom is -0.379 e. The van der Waals surface area contributed by atoms with Crippen LogP contribution in [0.1, 0.15) is 42.5 Å². The fourth-order valence-corrected chi connectivity index (χ4v) is 4.95. The van der Waals surface area contributed by atoms with Gasteiger partial charge in [-0.15, -0.1) is 0 Å². The average molecular weight is 534 g/mol. The van der Waals surface area contributed by atoms with Gasteiger partial charge in [-0.3, -0.25) is 14.5 Å². The van der Waals surface area contributed by atoms with Gasteiger partial charge in [0.1, 0.15) is 12.7 Å². The molecule has 0 aliphatic carbocycles. The van der Waals surface area contributed by atoms with E-state index in [-0.39, 0.29) is 30.6 Å². The number of halogens is 2. The molecule has 0 radical (unpaired) electrons. The van der Waals surface area contributed by atoms with E-state index in [1.165, 1.54) is 0 Å². The molecule has 0 saturated carbocycles. The molecule has 2 heterocycles. The van der Waals surface area contributed by atoms with E-state index in [2.05, 4.69) is 10.2 Å². The highest BCUT2D eigenvalue weighted by Gasteiger charge is 2.38. The number of unbranched alkanes of at least 4 members (excludes halogenated alkanes) is 1. The molecule has 194 valence electrons. The lowest BCUT2D eigenvalue weighted by atomic mass is 9.92. The van der Waals surface area contributed by atoms with Gasteiger partial charge in [-0.2, -0.15) is 0 Å². The van der Waals surface area contributed by atoms with Crippen molar-refractivity contribution in [3.8, 4) is 0 Å². The lowest BCUT2D eigenvalue weighted by Gasteiger charge is -2.41. The Kier molecular flexibility index (Phi) is 10.0. The molecule has 2 atom stereocenters. The molecule has 9 heteroatoms. The van der Waals surface area contributed by atoms with Crippen LogP contribution in [0, 0.1) is 0 Å². The third kappa shape index (κ3) is 7.43. The highest BCUT2D eigenvalue weighted by atomic mass is 35.5. The number of carbonyl (C=O) groups excluding carboxylic acids is 2. The van der Waals surface area contributed by atoms with Gasteiger partial charge in [0.25, 0.3) is 0 Å². The van der Waals surface area contributed by atoms with Crippen LogP contribution in [-0.2, 0) is 19.1 Å². The molecule has 0 spiro atoms. The molecule has 2 fully saturated rings. The Hall–Kier alpha value is -2.16. The number of nitrogens with zero attached hydrogens (tertiary/aromatic N) is 2. The van der Waals surface area contributed by atoms with Crippen molar-refractivity contribution in [2.24, 2.45) is 0 Å². The topological polar surface area (TPSA) is 71.1 Å². The van der Waals surface area contributed by atoms with E-state index in [1.807, 2.05) is 53.4 Å². The van der Waals surface area contributed by atoms with Crippen LogP contribution >= 0.6 is 23.2 Å². The number of benzene rings is 2. The Morgan fingerprint density at radius 2 is 1.56 bits per heavy atom. The quantitative estimate of drug-likeness (QED) is 0.462. The van der Waals surface area contributed by atoms with Crippen LogP contribution in [-0.4, -0.2) is 74.2 Å². The van der Waals surface area contributed by atoms with Crippen molar-refractivity contribution in [1.29, 1.82) is 0 Å². The van der Waals surface area contributed by atoms with Gasteiger partial charge in [0.2, 0.25) is 11.8 Å². The molecule has 0 unspecified atom stereocenters. The molecule has 4 rings (SSSR count). The lowest BCUT2D eigenvalue weighted by Crippen LogP contribution is -2.46. The molecule has 7 nitrogen and oxygen atoms in total. The van der Waals surface area contributed by atoms with Gasteiger partial charge < -0.3 is 19.7 Å². The van der Waals surface area contributed by atoms with Gasteiger partial charge in [0.15, 0.2) is 0 Å². The van der Waals surface area contributed by atoms with Gasteiger partial charge in [0.05, 0.1) is 19.3 Å². The zero-order valence-electron chi connectivity index (χ0n) is 20.3. The van der Waals surface area contributed by atoms with E-state index < -0.39 is 0 Å². The summed E-state index contributed by atoms with van der Waals surface area (Å²) in [5, 5.41) is 4.29. The van der Waals surface area contributed by atoms with Crippen LogP contribution in [0.25, 0.3) is 0 Å². The van der Waals surface area contributed by atoms with Crippen molar-refractivity contribution in [3.63, 3.8) is 0 Å². The van der Waals surface area contributed by atoms with Crippen molar-refractivity contribution < 1.29 is 19.1 Å². The number of nitrogens with one attached hydrogen (secondary N) is 1. The molecular weight excluding hydrogens is 501 g/mol. The number of rotatable bonds is 10. The summed E-state index contributed by atoms with van der Waals surface area (Å²) in [5.41, 5.74) is 1.91. The van der Waals surface area contributed by atoms with Crippen LogP contribution in [0.2, 0.25) is 10.0 Å². The summed E-state index contributed by atoms with van der Waals surface area (Å²) in [5.74, 6) is -0.0139. The van der Waals surface area contributed by atoms with Crippen molar-refractivity contribution in [2.75, 3.05) is 52.5 Å². The van der Waals surface area contributed by atoms with Gasteiger partial charge in [-0.05, 0) is 48.2 Å². The van der Waals surface area contributed by atoms with Crippen LogP contribution in [0.3, 0.4) is 0 Å². The number of hydrogen-bond donors (Lipinski definition) is 1. The molecule has 2 amide bonds. The third-order valence-corrected chi connectivity index (χ3v) is 7.15. The summed E-state index contributed by atoms with van der Waals surface area (Å²) < 4.78 is 11.4. The Morgan fingerprint density at radius 3 is 2.22 bits per heavy atom. The van der Waals surface area contributed by atoms with Crippen molar-refractivity contribution in [3.05, 3.63) is 69.7 Å². The number of amides is 2. The minimum absolute atomic E-state index is 0.0133. The molecule has 2 saturated heterocycles. The maximum Gasteiger partial charge on any atom is 0.249 e. The SMILES string of the molecule is O=C(CCCCN1C(=O)CO[C@H](c2ccc(Cl)cc2)[C@@H]1c1ccc(Cl)cc1)NCCN1CCOCC1. The number of carbonyl (C=O) groups is 2. The first-order valence-electron chi connectivity index (χ1n) is 12.5. The highest BCUT2D eigenvalue weighted by molar-refractivity contribution is 6.30. The van der Waals surface area contributed by atoms with E-state index >= 15 is 0 Å². The molecule has 36 heavy (non-hydrogen) atoms. The normalized spacial score (nSPS) is 20.9. The van der Waals surface area contributed by atoms with Crippen LogP contribution in [0.4, 0.5) is 0 Å². The number of ether oxygens (including phenoxy) is 2. The predicted octanol–water partition coefficient (Wildman–Crippen LogP) is 4.25. The average Bonchev–Trinajstić information content (AvgIpc) is 2.89. The molecule has 2 aliphatic heterocycles. The highest BCUT2D eigenvalue weighted by Crippen LogP contribution is 2.40. The summed E-state index contributed by atoms with van der Waals surface area (Å²) in [7, 11) is 0. The molecule has 2 aliphatic rings. The molecule has 0 aromatic heterocycles. The second kappa shape index (κ2) is 13.4. The van der Waals surface area contributed by atoms with Gasteiger partial charge >= 0.3 is 0 Å². The largest absolute Gasteiger partial charge is 0.379 e. The second-order valence-electron chi connectivity index (χ2n) is 9.13. The Morgan fingerprint density at radius 1 is 0.917 bits per heavy atom. The minimum atomic E-state index is -0.329. The van der Waals surface area contributed by atoms with Crippen LogP contribution < -0.4 is 5.32 Å². The standard InChI is InChI=1S/C27H33Cl2N3O4/c28-22-8-4-20(5-9-22)26-27(21-6-10-23(29)11-7-21)36-19-25(34)32(26)13-2-1-3-24(33)30-12-14-31-15-17-35-18-16-31/h4-11,26-27H,1-3,12-19H2,(H,30,33)/t26-,27+/m0/s1. The summed E-state index contributed by atoms with van der Waals surface area (Å²) in [6.45, 7) is 5.37. The van der Waals surface area contributed by atoms with E-state index in [0.29, 0.717) is 36.0 Å². The zero-order valence-corrected chi connectivity index (χ0v) is 21.8.